The zero-order chi connectivity index (χ0) is 24.0. The first-order chi connectivity index (χ1) is 15.6. The Balaban J connectivity index is 1.45. The predicted octanol–water partition coefficient (Wildman–Crippen LogP) is 9.46. The zero-order valence-corrected chi connectivity index (χ0v) is 23.5. The van der Waals surface area contributed by atoms with Crippen molar-refractivity contribution in [3.05, 3.63) is 11.6 Å². The second-order valence-electron chi connectivity index (χ2n) is 14.0. The van der Waals surface area contributed by atoms with Crippen LogP contribution in [0.15, 0.2) is 11.6 Å². The minimum absolute atomic E-state index is 0.359. The van der Waals surface area contributed by atoms with Crippen LogP contribution in [-0.2, 0) is 4.74 Å². The number of hydrogen-bond acceptors (Lipinski definition) is 1. The molecule has 0 aliphatic heterocycles. The van der Waals surface area contributed by atoms with Gasteiger partial charge in [0.25, 0.3) is 0 Å². The molecule has 0 heterocycles. The van der Waals surface area contributed by atoms with Crippen LogP contribution in [0.25, 0.3) is 0 Å². The molecule has 1 nitrogen and oxygen atoms in total. The van der Waals surface area contributed by atoms with Gasteiger partial charge in [-0.15, -0.1) is 0 Å². The summed E-state index contributed by atoms with van der Waals surface area (Å²) in [6, 6.07) is 0. The van der Waals surface area contributed by atoms with E-state index < -0.39 is 0 Å². The smallest absolute Gasteiger partial charge is 0.0616 e. The summed E-state index contributed by atoms with van der Waals surface area (Å²) in [5.74, 6) is 6.46. The van der Waals surface area contributed by atoms with Crippen LogP contribution in [-0.4, -0.2) is 12.2 Å². The Morgan fingerprint density at radius 2 is 1.70 bits per heavy atom. The van der Waals surface area contributed by atoms with E-state index in [-0.39, 0.29) is 0 Å². The van der Waals surface area contributed by atoms with Crippen LogP contribution in [0.3, 0.4) is 0 Å². The highest BCUT2D eigenvalue weighted by molar-refractivity contribution is 5.25. The van der Waals surface area contributed by atoms with Gasteiger partial charge in [-0.2, -0.15) is 0 Å². The summed E-state index contributed by atoms with van der Waals surface area (Å²) >= 11 is 0. The van der Waals surface area contributed by atoms with Gasteiger partial charge < -0.3 is 4.74 Å². The van der Waals surface area contributed by atoms with E-state index in [0.29, 0.717) is 23.0 Å². The molecule has 0 aromatic heterocycles. The molecule has 0 unspecified atom stereocenters. The molecule has 0 bridgehead atoms. The second-order valence-corrected chi connectivity index (χ2v) is 14.0. The summed E-state index contributed by atoms with van der Waals surface area (Å²) in [6.45, 7) is 19.7. The van der Waals surface area contributed by atoms with E-state index in [2.05, 4.69) is 61.5 Å². The first-order valence-corrected chi connectivity index (χ1v) is 14.9. The Kier molecular flexibility index (Phi) is 7.80. The van der Waals surface area contributed by atoms with Crippen LogP contribution >= 0.6 is 0 Å². The number of hydrogen-bond donors (Lipinski definition) is 0. The fourth-order valence-electron chi connectivity index (χ4n) is 9.79. The Hall–Kier alpha value is -0.300. The summed E-state index contributed by atoms with van der Waals surface area (Å²) in [5, 5.41) is 0. The molecule has 0 N–H and O–H groups in total. The molecule has 0 aromatic rings. The molecule has 3 saturated carbocycles. The first kappa shape index (κ1) is 25.8. The van der Waals surface area contributed by atoms with E-state index in [1.54, 1.807) is 5.57 Å². The average molecular weight is 457 g/mol. The highest BCUT2D eigenvalue weighted by Gasteiger charge is 2.59. The van der Waals surface area contributed by atoms with E-state index in [9.17, 15) is 0 Å². The summed E-state index contributed by atoms with van der Waals surface area (Å²) in [7, 11) is 0. The SMILES string of the molecule is CC[C@H](CC[C@@H](C)[C@H]1CC[C@H]2[C@@H]3CC=C4C[C@@H](OC(C)C)CC[C@]4(C)[C@H]3CC[C@]12C)C(C)C. The fourth-order valence-corrected chi connectivity index (χ4v) is 9.79. The molecule has 1 heteroatoms. The predicted molar refractivity (Wildman–Crippen MR) is 142 cm³/mol. The molecule has 0 aromatic carbocycles. The van der Waals surface area contributed by atoms with Crippen LogP contribution in [0.1, 0.15) is 126 Å². The maximum atomic E-state index is 6.27. The molecular weight excluding hydrogens is 400 g/mol. The third-order valence-electron chi connectivity index (χ3n) is 11.7. The van der Waals surface area contributed by atoms with Gasteiger partial charge >= 0.3 is 0 Å². The average Bonchev–Trinajstić information content (AvgIpc) is 3.11. The first-order valence-electron chi connectivity index (χ1n) is 14.9. The van der Waals surface area contributed by atoms with Crippen molar-refractivity contribution in [1.82, 2.24) is 0 Å². The van der Waals surface area contributed by atoms with Crippen molar-refractivity contribution < 1.29 is 4.74 Å². The summed E-state index contributed by atoms with van der Waals surface area (Å²) in [4.78, 5) is 0. The van der Waals surface area contributed by atoms with Crippen molar-refractivity contribution in [3.8, 4) is 0 Å². The zero-order valence-electron chi connectivity index (χ0n) is 23.5. The molecule has 9 atom stereocenters. The molecule has 0 saturated heterocycles. The van der Waals surface area contributed by atoms with E-state index >= 15 is 0 Å². The van der Waals surface area contributed by atoms with Gasteiger partial charge in [0.1, 0.15) is 0 Å². The molecule has 4 aliphatic carbocycles. The molecule has 3 fully saturated rings. The number of allylic oxidation sites excluding steroid dienone is 1. The molecule has 33 heavy (non-hydrogen) atoms. The molecular formula is C32H56O. The fraction of sp³-hybridized carbons (Fsp3) is 0.938. The lowest BCUT2D eigenvalue weighted by atomic mass is 9.47. The topological polar surface area (TPSA) is 9.23 Å². The number of ether oxygens (including phenoxy) is 1. The van der Waals surface area contributed by atoms with Crippen molar-refractivity contribution in [2.75, 3.05) is 0 Å². The lowest BCUT2D eigenvalue weighted by Crippen LogP contribution is -2.51. The Labute approximate surface area is 206 Å². The van der Waals surface area contributed by atoms with Crippen molar-refractivity contribution in [1.29, 1.82) is 0 Å². The van der Waals surface area contributed by atoms with Crippen LogP contribution in [0.4, 0.5) is 0 Å². The second kappa shape index (κ2) is 9.99. The lowest BCUT2D eigenvalue weighted by molar-refractivity contribution is -0.0709. The number of fused-ring (bicyclic) bond motifs is 5. The number of rotatable bonds is 8. The van der Waals surface area contributed by atoms with Gasteiger partial charge in [0.2, 0.25) is 0 Å². The minimum Gasteiger partial charge on any atom is -0.375 e. The third kappa shape index (κ3) is 4.75. The van der Waals surface area contributed by atoms with Gasteiger partial charge in [0.15, 0.2) is 0 Å². The lowest BCUT2D eigenvalue weighted by Gasteiger charge is -2.58. The van der Waals surface area contributed by atoms with Crippen LogP contribution in [0.5, 0.6) is 0 Å². The third-order valence-corrected chi connectivity index (χ3v) is 11.7. The molecule has 4 aliphatic rings. The van der Waals surface area contributed by atoms with Crippen molar-refractivity contribution >= 4 is 0 Å². The van der Waals surface area contributed by atoms with Crippen molar-refractivity contribution in [3.63, 3.8) is 0 Å². The highest BCUT2D eigenvalue weighted by atomic mass is 16.5. The Bertz CT molecular complexity index is 691. The standard InChI is InChI=1S/C32H56O/c1-9-24(21(2)3)11-10-23(6)28-14-15-29-27-13-12-25-20-26(33-22(4)5)16-18-31(25,7)30(27)17-19-32(28,29)8/h12,21-24,26-30H,9-11,13-20H2,1-8H3/t23-,24-,26+,27+,28-,29+,30+,31+,32-/m1/s1. The maximum Gasteiger partial charge on any atom is 0.0616 e. The molecule has 190 valence electrons. The van der Waals surface area contributed by atoms with Crippen LogP contribution in [0, 0.1) is 52.3 Å². The molecule has 0 radical (unpaired) electrons. The van der Waals surface area contributed by atoms with Gasteiger partial charge in [-0.3, -0.25) is 0 Å². The summed E-state index contributed by atoms with van der Waals surface area (Å²) in [5.41, 5.74) is 2.82. The van der Waals surface area contributed by atoms with Gasteiger partial charge in [-0.1, -0.05) is 66.0 Å². The highest BCUT2D eigenvalue weighted by Crippen LogP contribution is 2.67. The monoisotopic (exact) mass is 456 g/mol. The summed E-state index contributed by atoms with van der Waals surface area (Å²) in [6.07, 6.45) is 19.0. The van der Waals surface area contributed by atoms with Crippen LogP contribution in [0.2, 0.25) is 0 Å². The van der Waals surface area contributed by atoms with Crippen LogP contribution < -0.4 is 0 Å². The Morgan fingerprint density at radius 3 is 2.36 bits per heavy atom. The van der Waals surface area contributed by atoms with Gasteiger partial charge in [-0.25, -0.2) is 0 Å². The minimum atomic E-state index is 0.359. The van der Waals surface area contributed by atoms with Crippen molar-refractivity contribution in [2.24, 2.45) is 52.3 Å². The van der Waals surface area contributed by atoms with E-state index in [0.717, 1.165) is 41.4 Å². The van der Waals surface area contributed by atoms with Crippen molar-refractivity contribution in [2.45, 2.75) is 138 Å². The van der Waals surface area contributed by atoms with E-state index in [4.69, 9.17) is 4.74 Å². The quantitative estimate of drug-likeness (QED) is 0.330. The van der Waals surface area contributed by atoms with Gasteiger partial charge in [0.05, 0.1) is 12.2 Å². The van der Waals surface area contributed by atoms with E-state index in [1.807, 2.05) is 0 Å². The van der Waals surface area contributed by atoms with Gasteiger partial charge in [0, 0.05) is 0 Å². The summed E-state index contributed by atoms with van der Waals surface area (Å²) < 4.78 is 6.27. The normalized spacial score (nSPS) is 42.5. The maximum absolute atomic E-state index is 6.27. The van der Waals surface area contributed by atoms with Gasteiger partial charge in [-0.05, 0) is 124 Å². The largest absolute Gasteiger partial charge is 0.375 e. The molecule has 0 amide bonds. The molecule has 4 rings (SSSR count). The van der Waals surface area contributed by atoms with E-state index in [1.165, 1.54) is 70.6 Å². The Morgan fingerprint density at radius 1 is 0.939 bits per heavy atom. The molecule has 0 spiro atoms.